The van der Waals surface area contributed by atoms with Gasteiger partial charge in [0.05, 0.1) is 11.4 Å². The second kappa shape index (κ2) is 13.8. The van der Waals surface area contributed by atoms with Crippen LogP contribution in [-0.4, -0.2) is 11.9 Å². The first kappa shape index (κ1) is 34.3. The molecule has 2 heteroatoms. The van der Waals surface area contributed by atoms with E-state index in [-0.39, 0.29) is 5.41 Å². The van der Waals surface area contributed by atoms with Gasteiger partial charge in [-0.3, -0.25) is 4.99 Å². The number of fused-ring (bicyclic) bond motifs is 7. The summed E-state index contributed by atoms with van der Waals surface area (Å²) in [5, 5.41) is 16.2. The average Bonchev–Trinajstić information content (AvgIpc) is 3.51. The van der Waals surface area contributed by atoms with E-state index in [1.165, 1.54) is 60.7 Å². The van der Waals surface area contributed by atoms with E-state index in [4.69, 9.17) is 10.4 Å². The van der Waals surface area contributed by atoms with Crippen molar-refractivity contribution in [3.05, 3.63) is 222 Å². The van der Waals surface area contributed by atoms with Crippen LogP contribution in [0.25, 0.3) is 71.4 Å². The minimum absolute atomic E-state index is 0.114. The molecule has 57 heavy (non-hydrogen) atoms. The van der Waals surface area contributed by atoms with Crippen molar-refractivity contribution in [1.82, 2.24) is 0 Å². The van der Waals surface area contributed by atoms with Crippen LogP contribution >= 0.6 is 0 Å². The lowest BCUT2D eigenvalue weighted by Crippen LogP contribution is -2.15. The Labute approximate surface area is 333 Å². The van der Waals surface area contributed by atoms with E-state index in [0.717, 1.165) is 38.5 Å². The number of hydrogen-bond donors (Lipinski definition) is 1. The number of aliphatic imine (C=N–C) groups is 1. The monoisotopic (exact) mass is 728 g/mol. The fourth-order valence-corrected chi connectivity index (χ4v) is 9.04. The van der Waals surface area contributed by atoms with Crippen LogP contribution in [-0.2, 0) is 5.41 Å². The molecule has 0 amide bonds. The lowest BCUT2D eigenvalue weighted by atomic mass is 9.80. The summed E-state index contributed by atoms with van der Waals surface area (Å²) in [6.07, 6.45) is 3.85. The molecule has 270 valence electrons. The molecule has 0 saturated carbocycles. The third-order valence-corrected chi connectivity index (χ3v) is 11.8. The Morgan fingerprint density at radius 3 is 1.93 bits per heavy atom. The van der Waals surface area contributed by atoms with Crippen LogP contribution < -0.4 is 0 Å². The molecular weight excluding hydrogens is 689 g/mol. The summed E-state index contributed by atoms with van der Waals surface area (Å²) in [5.41, 5.74) is 14.2. The molecular formula is C55H40N2. The highest BCUT2D eigenvalue weighted by Gasteiger charge is 2.38. The van der Waals surface area contributed by atoms with Crippen molar-refractivity contribution in [3.63, 3.8) is 0 Å². The summed E-state index contributed by atoms with van der Waals surface area (Å²) in [6.45, 7) is 4.74. The molecule has 1 aliphatic rings. The zero-order valence-electron chi connectivity index (χ0n) is 32.0. The van der Waals surface area contributed by atoms with Gasteiger partial charge in [0.15, 0.2) is 0 Å². The SMILES string of the molecule is CC1(C)c2cccc(-c3cccc(-c4ccc(C=N/C(=C\C(=N)c5ccccc5)c5cccc6ccccc56)c5ccccc45)c3)c2-c2ccc3ccccc3c21. The maximum atomic E-state index is 9.01. The second-order valence-electron chi connectivity index (χ2n) is 15.5. The lowest BCUT2D eigenvalue weighted by molar-refractivity contribution is 0.666. The molecule has 0 saturated heterocycles. The van der Waals surface area contributed by atoms with Crippen molar-refractivity contribution in [1.29, 1.82) is 5.41 Å². The van der Waals surface area contributed by atoms with E-state index < -0.39 is 0 Å². The molecule has 10 rings (SSSR count). The maximum Gasteiger partial charge on any atom is 0.0729 e. The van der Waals surface area contributed by atoms with E-state index >= 15 is 0 Å². The van der Waals surface area contributed by atoms with Gasteiger partial charge in [0.25, 0.3) is 0 Å². The smallest absolute Gasteiger partial charge is 0.0729 e. The van der Waals surface area contributed by atoms with Gasteiger partial charge in [-0.2, -0.15) is 0 Å². The van der Waals surface area contributed by atoms with Crippen LogP contribution in [0, 0.1) is 5.41 Å². The number of hydrogen-bond acceptors (Lipinski definition) is 2. The predicted octanol–water partition coefficient (Wildman–Crippen LogP) is 14.3. The first-order valence-corrected chi connectivity index (χ1v) is 19.6. The summed E-state index contributed by atoms with van der Waals surface area (Å²) < 4.78 is 0. The number of benzene rings is 9. The largest absolute Gasteiger partial charge is 0.300 e. The molecule has 0 radical (unpaired) electrons. The Hall–Kier alpha value is -7.16. The molecule has 0 spiro atoms. The number of allylic oxidation sites excluding steroid dienone is 1. The van der Waals surface area contributed by atoms with Gasteiger partial charge < -0.3 is 5.41 Å². The summed E-state index contributed by atoms with van der Waals surface area (Å²) in [4.78, 5) is 5.16. The highest BCUT2D eigenvalue weighted by atomic mass is 14.7. The molecule has 1 N–H and O–H groups in total. The Kier molecular flexibility index (Phi) is 8.34. The zero-order chi connectivity index (χ0) is 38.5. The van der Waals surface area contributed by atoms with Crippen molar-refractivity contribution in [2.75, 3.05) is 0 Å². The zero-order valence-corrected chi connectivity index (χ0v) is 32.0. The van der Waals surface area contributed by atoms with Crippen molar-refractivity contribution >= 4 is 49.9 Å². The molecule has 0 bridgehead atoms. The van der Waals surface area contributed by atoms with Crippen LogP contribution in [0.5, 0.6) is 0 Å². The first-order valence-electron chi connectivity index (χ1n) is 19.6. The number of nitrogens with zero attached hydrogens (tertiary/aromatic N) is 1. The van der Waals surface area contributed by atoms with Gasteiger partial charge in [-0.1, -0.05) is 196 Å². The summed E-state index contributed by atoms with van der Waals surface area (Å²) in [7, 11) is 0. The molecule has 0 atom stereocenters. The van der Waals surface area contributed by atoms with Gasteiger partial charge >= 0.3 is 0 Å². The van der Waals surface area contributed by atoms with E-state index in [0.29, 0.717) is 5.71 Å². The van der Waals surface area contributed by atoms with E-state index in [1.807, 2.05) is 42.6 Å². The Bertz CT molecular complexity index is 3100. The third kappa shape index (κ3) is 5.89. The van der Waals surface area contributed by atoms with Gasteiger partial charge in [0.1, 0.15) is 0 Å². The first-order chi connectivity index (χ1) is 28.0. The number of nitrogens with one attached hydrogen (secondary N) is 1. The minimum atomic E-state index is -0.114. The molecule has 1 aliphatic carbocycles. The summed E-state index contributed by atoms with van der Waals surface area (Å²) in [6, 6.07) is 66.8. The van der Waals surface area contributed by atoms with Gasteiger partial charge in [-0.25, -0.2) is 0 Å². The molecule has 0 aliphatic heterocycles. The maximum absolute atomic E-state index is 9.01. The minimum Gasteiger partial charge on any atom is -0.300 e. The van der Waals surface area contributed by atoms with E-state index in [9.17, 15) is 0 Å². The summed E-state index contributed by atoms with van der Waals surface area (Å²) in [5.74, 6) is 0. The van der Waals surface area contributed by atoms with Gasteiger partial charge in [0.2, 0.25) is 0 Å². The molecule has 9 aromatic rings. The molecule has 0 heterocycles. The topological polar surface area (TPSA) is 36.2 Å². The standard InChI is InChI=1S/C55H40N2/c1-55(2)50-28-14-26-45(53(50)49-32-29-37-16-7-9-24-46(37)54(49)55)40-21-12-20-39(33-40)44-31-30-41(43-23-10-11-25-47(43)44)35-57-52(34-51(56)38-17-4-3-5-18-38)48-27-13-19-36-15-6-8-22-42(36)48/h3-35,56H,1-2H3/b52-34-,56-51?,57-35?. The Morgan fingerprint density at radius 2 is 1.12 bits per heavy atom. The van der Waals surface area contributed by atoms with Crippen LogP contribution in [0.2, 0.25) is 0 Å². The van der Waals surface area contributed by atoms with Crippen LogP contribution in [0.15, 0.2) is 199 Å². The van der Waals surface area contributed by atoms with Crippen molar-refractivity contribution in [2.24, 2.45) is 4.99 Å². The quantitative estimate of drug-likeness (QED) is 0.159. The van der Waals surface area contributed by atoms with Gasteiger partial charge in [-0.05, 0) is 94.5 Å². The van der Waals surface area contributed by atoms with Gasteiger partial charge in [-0.15, -0.1) is 0 Å². The van der Waals surface area contributed by atoms with Gasteiger partial charge in [0, 0.05) is 22.8 Å². The average molecular weight is 729 g/mol. The molecule has 2 nitrogen and oxygen atoms in total. The Balaban J connectivity index is 1.06. The highest BCUT2D eigenvalue weighted by molar-refractivity contribution is 6.13. The molecule has 0 aromatic heterocycles. The highest BCUT2D eigenvalue weighted by Crippen LogP contribution is 2.54. The third-order valence-electron chi connectivity index (χ3n) is 11.8. The van der Waals surface area contributed by atoms with Crippen molar-refractivity contribution in [2.45, 2.75) is 19.3 Å². The van der Waals surface area contributed by atoms with Crippen LogP contribution in [0.3, 0.4) is 0 Å². The molecule has 0 fully saturated rings. The van der Waals surface area contributed by atoms with Crippen molar-refractivity contribution < 1.29 is 0 Å². The second-order valence-corrected chi connectivity index (χ2v) is 15.5. The Morgan fingerprint density at radius 1 is 0.509 bits per heavy atom. The normalized spacial score (nSPS) is 13.3. The molecule has 9 aromatic carbocycles. The fourth-order valence-electron chi connectivity index (χ4n) is 9.04. The van der Waals surface area contributed by atoms with Crippen molar-refractivity contribution in [3.8, 4) is 33.4 Å². The molecule has 0 unspecified atom stereocenters. The number of rotatable bonds is 7. The van der Waals surface area contributed by atoms with E-state index in [1.54, 1.807) is 0 Å². The lowest BCUT2D eigenvalue weighted by Gasteiger charge is -2.23. The summed E-state index contributed by atoms with van der Waals surface area (Å²) >= 11 is 0. The predicted molar refractivity (Wildman–Crippen MR) is 243 cm³/mol. The van der Waals surface area contributed by atoms with E-state index in [2.05, 4.69) is 172 Å². The van der Waals surface area contributed by atoms with Crippen LogP contribution in [0.1, 0.15) is 41.7 Å². The van der Waals surface area contributed by atoms with Crippen LogP contribution in [0.4, 0.5) is 0 Å². The fraction of sp³-hybridized carbons (Fsp3) is 0.0545.